The van der Waals surface area contributed by atoms with Crippen LogP contribution >= 0.6 is 27.5 Å². The van der Waals surface area contributed by atoms with Crippen molar-refractivity contribution in [1.29, 1.82) is 0 Å². The fourth-order valence-corrected chi connectivity index (χ4v) is 3.89. The van der Waals surface area contributed by atoms with E-state index in [0.717, 1.165) is 47.0 Å². The molecule has 3 rings (SSSR count). The van der Waals surface area contributed by atoms with Gasteiger partial charge in [-0.15, -0.1) is 0 Å². The number of hydrogen-bond acceptors (Lipinski definition) is 4. The van der Waals surface area contributed by atoms with Crippen molar-refractivity contribution in [2.75, 3.05) is 45.8 Å². The summed E-state index contributed by atoms with van der Waals surface area (Å²) in [7, 11) is 0. The first kappa shape index (κ1) is 21.6. The van der Waals surface area contributed by atoms with Crippen LogP contribution in [0.3, 0.4) is 0 Å². The molecule has 1 aliphatic heterocycles. The molecule has 152 valence electrons. The smallest absolute Gasteiger partial charge is 0.124 e. The number of nitrogens with one attached hydrogen (secondary N) is 1. The van der Waals surface area contributed by atoms with Crippen molar-refractivity contribution in [2.24, 2.45) is 0 Å². The number of rotatable bonds is 9. The highest BCUT2D eigenvalue weighted by Crippen LogP contribution is 2.24. The lowest BCUT2D eigenvalue weighted by Gasteiger charge is -2.34. The second-order valence-corrected chi connectivity index (χ2v) is 8.47. The monoisotopic (exact) mass is 465 g/mol. The summed E-state index contributed by atoms with van der Waals surface area (Å²) < 4.78 is 7.14. The Hall–Kier alpha value is -1.11. The van der Waals surface area contributed by atoms with Crippen LogP contribution < -0.4 is 10.1 Å². The van der Waals surface area contributed by atoms with Crippen LogP contribution in [0.1, 0.15) is 18.1 Å². The van der Waals surface area contributed by atoms with E-state index in [4.69, 9.17) is 16.3 Å². The van der Waals surface area contributed by atoms with Crippen LogP contribution in [-0.4, -0.2) is 55.6 Å². The molecule has 1 aliphatic rings. The van der Waals surface area contributed by atoms with Gasteiger partial charge in [-0.2, -0.15) is 0 Å². The Morgan fingerprint density at radius 3 is 2.46 bits per heavy atom. The predicted molar refractivity (Wildman–Crippen MR) is 120 cm³/mol. The Morgan fingerprint density at radius 2 is 1.75 bits per heavy atom. The predicted octanol–water partition coefficient (Wildman–Crippen LogP) is 4.41. The zero-order chi connectivity index (χ0) is 19.8. The number of ether oxygens (including phenoxy) is 1. The highest BCUT2D eigenvalue weighted by atomic mass is 79.9. The van der Waals surface area contributed by atoms with Crippen molar-refractivity contribution >= 4 is 27.5 Å². The van der Waals surface area contributed by atoms with Gasteiger partial charge in [-0.25, -0.2) is 0 Å². The molecule has 2 aromatic rings. The fraction of sp³-hybridized carbons (Fsp3) is 0.455. The minimum Gasteiger partial charge on any atom is -0.489 e. The Morgan fingerprint density at radius 1 is 1.04 bits per heavy atom. The largest absolute Gasteiger partial charge is 0.489 e. The number of nitrogens with zero attached hydrogens (tertiary/aromatic N) is 2. The van der Waals surface area contributed by atoms with Crippen LogP contribution in [0.5, 0.6) is 5.75 Å². The third kappa shape index (κ3) is 6.75. The number of halogens is 2. The maximum atomic E-state index is 6.07. The summed E-state index contributed by atoms with van der Waals surface area (Å²) in [6, 6.07) is 14.0. The molecule has 0 aromatic heterocycles. The average molecular weight is 467 g/mol. The van der Waals surface area contributed by atoms with Crippen molar-refractivity contribution in [3.8, 4) is 5.75 Å². The third-order valence-electron chi connectivity index (χ3n) is 5.16. The molecule has 0 saturated carbocycles. The van der Waals surface area contributed by atoms with E-state index in [1.807, 2.05) is 36.4 Å². The molecule has 0 radical (unpaired) electrons. The first-order valence-electron chi connectivity index (χ1n) is 9.95. The second kappa shape index (κ2) is 11.2. The Balaban J connectivity index is 1.46. The number of hydrogen-bond donors (Lipinski definition) is 1. The van der Waals surface area contributed by atoms with E-state index in [9.17, 15) is 0 Å². The molecule has 6 heteroatoms. The van der Waals surface area contributed by atoms with Gasteiger partial charge in [-0.05, 0) is 42.4 Å². The van der Waals surface area contributed by atoms with Gasteiger partial charge in [0.25, 0.3) is 0 Å². The van der Waals surface area contributed by atoms with Crippen molar-refractivity contribution in [3.05, 3.63) is 63.1 Å². The molecule has 0 amide bonds. The van der Waals surface area contributed by atoms with Crippen molar-refractivity contribution in [1.82, 2.24) is 15.1 Å². The summed E-state index contributed by atoms with van der Waals surface area (Å²) in [6.45, 7) is 11.5. The lowest BCUT2D eigenvalue weighted by molar-refractivity contribution is 0.138. The van der Waals surface area contributed by atoms with Gasteiger partial charge in [-0.3, -0.25) is 4.90 Å². The quantitative estimate of drug-likeness (QED) is 0.554. The topological polar surface area (TPSA) is 27.7 Å². The van der Waals surface area contributed by atoms with Crippen molar-refractivity contribution in [2.45, 2.75) is 20.1 Å². The summed E-state index contributed by atoms with van der Waals surface area (Å²) in [5.74, 6) is 0.919. The van der Waals surface area contributed by atoms with E-state index in [0.29, 0.717) is 6.61 Å². The summed E-state index contributed by atoms with van der Waals surface area (Å²) in [4.78, 5) is 5.05. The third-order valence-corrected chi connectivity index (χ3v) is 5.91. The Labute approximate surface area is 181 Å². The highest BCUT2D eigenvalue weighted by Gasteiger charge is 2.14. The molecule has 1 heterocycles. The molecule has 4 nitrogen and oxygen atoms in total. The van der Waals surface area contributed by atoms with Crippen LogP contribution in [0.4, 0.5) is 0 Å². The Bertz CT molecular complexity index is 733. The molecule has 0 aliphatic carbocycles. The SMILES string of the molecule is CCN1CCN(CCNCc2cc(Br)ccc2OCc2ccc(Cl)cc2)CC1. The van der Waals surface area contributed by atoms with E-state index in [2.05, 4.69) is 44.0 Å². The fourth-order valence-electron chi connectivity index (χ4n) is 3.36. The van der Waals surface area contributed by atoms with E-state index in [1.54, 1.807) is 0 Å². The molecule has 1 fully saturated rings. The maximum Gasteiger partial charge on any atom is 0.124 e. The first-order valence-corrected chi connectivity index (χ1v) is 11.1. The van der Waals surface area contributed by atoms with Crippen LogP contribution in [-0.2, 0) is 13.2 Å². The van der Waals surface area contributed by atoms with Gasteiger partial charge in [-0.1, -0.05) is 46.6 Å². The maximum absolute atomic E-state index is 6.07. The lowest BCUT2D eigenvalue weighted by atomic mass is 10.2. The van der Waals surface area contributed by atoms with Gasteiger partial charge in [0.15, 0.2) is 0 Å². The normalized spacial score (nSPS) is 15.7. The van der Waals surface area contributed by atoms with Crippen LogP contribution in [0, 0.1) is 0 Å². The zero-order valence-corrected chi connectivity index (χ0v) is 18.8. The minimum absolute atomic E-state index is 0.535. The van der Waals surface area contributed by atoms with Gasteiger partial charge in [0.05, 0.1) is 0 Å². The van der Waals surface area contributed by atoms with E-state index >= 15 is 0 Å². The van der Waals surface area contributed by atoms with Gasteiger partial charge < -0.3 is 15.0 Å². The molecule has 0 unspecified atom stereocenters. The van der Waals surface area contributed by atoms with Gasteiger partial charge in [0, 0.05) is 60.9 Å². The summed E-state index contributed by atoms with van der Waals surface area (Å²) in [6.07, 6.45) is 0. The summed E-state index contributed by atoms with van der Waals surface area (Å²) in [5.41, 5.74) is 2.27. The molecule has 0 spiro atoms. The molecule has 0 atom stereocenters. The standard InChI is InChI=1S/C22H29BrClN3O/c1-2-26-11-13-27(14-12-26)10-9-25-16-19-15-20(23)5-8-22(19)28-17-18-3-6-21(24)7-4-18/h3-8,15,25H,2,9-14,16-17H2,1H3. The van der Waals surface area contributed by atoms with E-state index < -0.39 is 0 Å². The van der Waals surface area contributed by atoms with E-state index in [-0.39, 0.29) is 0 Å². The summed E-state index contributed by atoms with van der Waals surface area (Å²) >= 11 is 9.53. The van der Waals surface area contributed by atoms with E-state index in [1.165, 1.54) is 31.7 Å². The van der Waals surface area contributed by atoms with Crippen LogP contribution in [0.15, 0.2) is 46.9 Å². The molecular formula is C22H29BrClN3O. The number of piperazine rings is 1. The zero-order valence-electron chi connectivity index (χ0n) is 16.5. The summed E-state index contributed by atoms with van der Waals surface area (Å²) in [5, 5.41) is 4.32. The van der Waals surface area contributed by atoms with Crippen molar-refractivity contribution < 1.29 is 4.74 Å². The number of benzene rings is 2. The van der Waals surface area contributed by atoms with Gasteiger partial charge >= 0.3 is 0 Å². The molecule has 2 aromatic carbocycles. The van der Waals surface area contributed by atoms with Crippen LogP contribution in [0.25, 0.3) is 0 Å². The van der Waals surface area contributed by atoms with Crippen molar-refractivity contribution in [3.63, 3.8) is 0 Å². The highest BCUT2D eigenvalue weighted by molar-refractivity contribution is 9.10. The average Bonchev–Trinajstić information content (AvgIpc) is 2.72. The van der Waals surface area contributed by atoms with Gasteiger partial charge in [0.1, 0.15) is 12.4 Å². The molecular weight excluding hydrogens is 438 g/mol. The lowest BCUT2D eigenvalue weighted by Crippen LogP contribution is -2.47. The molecule has 0 bridgehead atoms. The molecule has 28 heavy (non-hydrogen) atoms. The number of likely N-dealkylation sites (N-methyl/N-ethyl adjacent to an activating group) is 1. The van der Waals surface area contributed by atoms with Gasteiger partial charge in [0.2, 0.25) is 0 Å². The Kier molecular flexibility index (Phi) is 8.62. The molecule has 1 saturated heterocycles. The van der Waals surface area contributed by atoms with Crippen LogP contribution in [0.2, 0.25) is 5.02 Å². The second-order valence-electron chi connectivity index (χ2n) is 7.12. The first-order chi connectivity index (χ1) is 13.6. The minimum atomic E-state index is 0.535. The molecule has 1 N–H and O–H groups in total.